The van der Waals surface area contributed by atoms with Crippen LogP contribution in [0.4, 0.5) is 0 Å². The summed E-state index contributed by atoms with van der Waals surface area (Å²) < 4.78 is 11.1. The third-order valence-electron chi connectivity index (χ3n) is 4.42. The minimum Gasteiger partial charge on any atom is -0.451 e. The van der Waals surface area contributed by atoms with Gasteiger partial charge in [-0.05, 0) is 38.0 Å². The quantitative estimate of drug-likeness (QED) is 0.944. The maximum absolute atomic E-state index is 12.8. The Kier molecular flexibility index (Phi) is 4.18. The fourth-order valence-corrected chi connectivity index (χ4v) is 3.13. The zero-order valence-electron chi connectivity index (χ0n) is 13.0. The van der Waals surface area contributed by atoms with E-state index in [9.17, 15) is 4.79 Å². The van der Waals surface area contributed by atoms with Crippen LogP contribution in [0.15, 0.2) is 28.7 Å². The maximum atomic E-state index is 12.8. The predicted molar refractivity (Wildman–Crippen MR) is 84.9 cm³/mol. The number of hydrogen-bond acceptors (Lipinski definition) is 4. The number of methoxy groups -OCH3 is 1. The van der Waals surface area contributed by atoms with E-state index in [2.05, 4.69) is 0 Å². The lowest BCUT2D eigenvalue weighted by Crippen LogP contribution is -2.51. The minimum atomic E-state index is -0.0844. The first-order chi connectivity index (χ1) is 10.6. The van der Waals surface area contributed by atoms with E-state index in [0.29, 0.717) is 18.8 Å². The largest absolute Gasteiger partial charge is 0.451 e. The number of hydrogen-bond donors (Lipinski definition) is 1. The highest BCUT2D eigenvalue weighted by molar-refractivity contribution is 5.96. The van der Waals surface area contributed by atoms with Gasteiger partial charge in [-0.25, -0.2) is 0 Å². The molecule has 0 aliphatic carbocycles. The molecule has 2 unspecified atom stereocenters. The molecule has 22 heavy (non-hydrogen) atoms. The number of ether oxygens (including phenoxy) is 1. The molecule has 0 radical (unpaired) electrons. The summed E-state index contributed by atoms with van der Waals surface area (Å²) in [6.07, 6.45) is 1.78. The number of fused-ring (bicyclic) bond motifs is 1. The summed E-state index contributed by atoms with van der Waals surface area (Å²) >= 11 is 0. The Hall–Kier alpha value is -1.85. The van der Waals surface area contributed by atoms with Gasteiger partial charge in [-0.3, -0.25) is 4.79 Å². The van der Waals surface area contributed by atoms with Crippen molar-refractivity contribution in [3.05, 3.63) is 35.6 Å². The minimum absolute atomic E-state index is 0.00106. The summed E-state index contributed by atoms with van der Waals surface area (Å²) in [6, 6.07) is 7.72. The highest BCUT2D eigenvalue weighted by atomic mass is 16.5. The average molecular weight is 302 g/mol. The van der Waals surface area contributed by atoms with E-state index in [1.807, 2.05) is 36.1 Å². The van der Waals surface area contributed by atoms with Gasteiger partial charge in [-0.1, -0.05) is 11.6 Å². The van der Waals surface area contributed by atoms with Crippen LogP contribution in [-0.4, -0.2) is 43.2 Å². The number of benzene rings is 1. The van der Waals surface area contributed by atoms with Gasteiger partial charge in [-0.15, -0.1) is 0 Å². The van der Waals surface area contributed by atoms with Gasteiger partial charge >= 0.3 is 0 Å². The molecule has 0 bridgehead atoms. The van der Waals surface area contributed by atoms with Gasteiger partial charge in [0.05, 0.1) is 6.10 Å². The third-order valence-corrected chi connectivity index (χ3v) is 4.42. The van der Waals surface area contributed by atoms with Crippen molar-refractivity contribution < 1.29 is 13.9 Å². The summed E-state index contributed by atoms with van der Waals surface area (Å²) in [5.41, 5.74) is 7.73. The molecule has 1 aromatic heterocycles. The van der Waals surface area contributed by atoms with E-state index >= 15 is 0 Å². The van der Waals surface area contributed by atoms with Crippen LogP contribution in [0.2, 0.25) is 0 Å². The number of aryl methyl sites for hydroxylation is 1. The van der Waals surface area contributed by atoms with Crippen LogP contribution >= 0.6 is 0 Å². The maximum Gasteiger partial charge on any atom is 0.289 e. The number of amides is 1. The summed E-state index contributed by atoms with van der Waals surface area (Å²) in [6.45, 7) is 3.11. The molecule has 5 nitrogen and oxygen atoms in total. The highest BCUT2D eigenvalue weighted by Gasteiger charge is 2.32. The van der Waals surface area contributed by atoms with E-state index < -0.39 is 0 Å². The first kappa shape index (κ1) is 15.1. The molecule has 1 aliphatic rings. The fourth-order valence-electron chi connectivity index (χ4n) is 3.13. The molecule has 2 N–H and O–H groups in total. The molecule has 0 saturated carbocycles. The number of furan rings is 1. The Bertz CT molecular complexity index is 680. The summed E-state index contributed by atoms with van der Waals surface area (Å²) in [7, 11) is 1.71. The summed E-state index contributed by atoms with van der Waals surface area (Å²) in [4.78, 5) is 14.6. The number of carbonyl (C=O) groups excluding carboxylic acids is 1. The molecule has 0 spiro atoms. The second-order valence-electron chi connectivity index (χ2n) is 5.92. The zero-order chi connectivity index (χ0) is 15.7. The van der Waals surface area contributed by atoms with E-state index in [4.69, 9.17) is 14.9 Å². The lowest BCUT2D eigenvalue weighted by molar-refractivity contribution is 0.0125. The van der Waals surface area contributed by atoms with Gasteiger partial charge in [0, 0.05) is 31.6 Å². The van der Waals surface area contributed by atoms with Crippen LogP contribution in [0.25, 0.3) is 11.0 Å². The second-order valence-corrected chi connectivity index (χ2v) is 5.92. The molecular weight excluding hydrogens is 280 g/mol. The Balaban J connectivity index is 1.85. The molecule has 1 fully saturated rings. The van der Waals surface area contributed by atoms with E-state index in [1.54, 1.807) is 7.11 Å². The number of carbonyl (C=O) groups is 1. The van der Waals surface area contributed by atoms with Gasteiger partial charge < -0.3 is 19.8 Å². The lowest BCUT2D eigenvalue weighted by Gasteiger charge is -2.37. The Morgan fingerprint density at radius 3 is 3.00 bits per heavy atom. The van der Waals surface area contributed by atoms with Crippen molar-refractivity contribution in [2.24, 2.45) is 5.73 Å². The van der Waals surface area contributed by atoms with Gasteiger partial charge in [0.1, 0.15) is 5.58 Å². The smallest absolute Gasteiger partial charge is 0.289 e. The Morgan fingerprint density at radius 1 is 1.45 bits per heavy atom. The number of rotatable bonds is 3. The van der Waals surface area contributed by atoms with Crippen molar-refractivity contribution in [2.45, 2.75) is 31.9 Å². The van der Waals surface area contributed by atoms with E-state index in [0.717, 1.165) is 29.4 Å². The van der Waals surface area contributed by atoms with Crippen molar-refractivity contribution in [1.82, 2.24) is 4.90 Å². The van der Waals surface area contributed by atoms with Crippen LogP contribution in [0, 0.1) is 6.92 Å². The van der Waals surface area contributed by atoms with E-state index in [-0.39, 0.29) is 18.1 Å². The Morgan fingerprint density at radius 2 is 2.27 bits per heavy atom. The number of likely N-dealkylation sites (tertiary alicyclic amines) is 1. The van der Waals surface area contributed by atoms with Gasteiger partial charge in [0.2, 0.25) is 0 Å². The van der Waals surface area contributed by atoms with E-state index in [1.165, 1.54) is 0 Å². The molecular formula is C17H22N2O3. The first-order valence-corrected chi connectivity index (χ1v) is 7.66. The number of nitrogens with two attached hydrogens (primary N) is 1. The molecule has 118 valence electrons. The van der Waals surface area contributed by atoms with Crippen LogP contribution in [0.3, 0.4) is 0 Å². The molecule has 2 atom stereocenters. The Labute approximate surface area is 130 Å². The van der Waals surface area contributed by atoms with Gasteiger partial charge in [0.15, 0.2) is 5.76 Å². The molecule has 5 heteroatoms. The standard InChI is InChI=1S/C17H22N2O3/c1-11-3-4-15-12(7-11)8-16(22-15)17(20)19-6-5-14(21-2)9-13(19)10-18/h3-4,7-8,13-14H,5-6,9-10,18H2,1-2H3. The van der Waals surface area contributed by atoms with Crippen LogP contribution in [0.5, 0.6) is 0 Å². The topological polar surface area (TPSA) is 68.7 Å². The normalized spacial score (nSPS) is 22.2. The van der Waals surface area contributed by atoms with Gasteiger partial charge in [-0.2, -0.15) is 0 Å². The SMILES string of the molecule is COC1CCN(C(=O)c2cc3cc(C)ccc3o2)C(CN)C1. The molecule has 1 aromatic carbocycles. The second kappa shape index (κ2) is 6.10. The highest BCUT2D eigenvalue weighted by Crippen LogP contribution is 2.25. The fraction of sp³-hybridized carbons (Fsp3) is 0.471. The molecule has 2 heterocycles. The number of nitrogens with zero attached hydrogens (tertiary/aromatic N) is 1. The molecule has 1 aliphatic heterocycles. The molecule has 1 saturated heterocycles. The van der Waals surface area contributed by atoms with Crippen molar-refractivity contribution in [3.8, 4) is 0 Å². The third kappa shape index (κ3) is 2.74. The summed E-state index contributed by atoms with van der Waals surface area (Å²) in [5, 5.41) is 0.958. The predicted octanol–water partition coefficient (Wildman–Crippen LogP) is 2.32. The van der Waals surface area contributed by atoms with Crippen molar-refractivity contribution in [1.29, 1.82) is 0 Å². The van der Waals surface area contributed by atoms with Crippen molar-refractivity contribution in [2.75, 3.05) is 20.2 Å². The van der Waals surface area contributed by atoms with Gasteiger partial charge in [0.25, 0.3) is 5.91 Å². The van der Waals surface area contributed by atoms with Crippen LogP contribution < -0.4 is 5.73 Å². The summed E-state index contributed by atoms with van der Waals surface area (Å²) in [5.74, 6) is 0.300. The monoisotopic (exact) mass is 302 g/mol. The van der Waals surface area contributed by atoms with Crippen LogP contribution in [-0.2, 0) is 4.74 Å². The lowest BCUT2D eigenvalue weighted by atomic mass is 9.99. The first-order valence-electron chi connectivity index (χ1n) is 7.66. The molecule has 3 rings (SSSR count). The zero-order valence-corrected chi connectivity index (χ0v) is 13.0. The molecule has 2 aromatic rings. The van der Waals surface area contributed by atoms with Crippen molar-refractivity contribution >= 4 is 16.9 Å². The molecule has 1 amide bonds. The number of piperidine rings is 1. The van der Waals surface area contributed by atoms with Crippen molar-refractivity contribution in [3.63, 3.8) is 0 Å². The van der Waals surface area contributed by atoms with Crippen LogP contribution in [0.1, 0.15) is 29.0 Å². The average Bonchev–Trinajstić information content (AvgIpc) is 2.96.